The molecule has 1 saturated heterocycles. The van der Waals surface area contributed by atoms with E-state index >= 15 is 0 Å². The fraction of sp³-hybridized carbons (Fsp3) is 0.125. The fourth-order valence-electron chi connectivity index (χ4n) is 3.35. The third-order valence-electron chi connectivity index (χ3n) is 4.67. The number of carbonyl (C=O) groups excluding carboxylic acids is 2. The molecule has 28 heavy (non-hydrogen) atoms. The molecule has 0 aromatic heterocycles. The summed E-state index contributed by atoms with van der Waals surface area (Å²) in [7, 11) is -9.07. The molecule has 4 rings (SSSR count). The summed E-state index contributed by atoms with van der Waals surface area (Å²) in [6, 6.07) is 3.73. The van der Waals surface area contributed by atoms with Gasteiger partial charge in [-0.05, 0) is 24.3 Å². The summed E-state index contributed by atoms with van der Waals surface area (Å²) in [4.78, 5) is 24.6. The molecule has 0 amide bonds. The summed E-state index contributed by atoms with van der Waals surface area (Å²) in [6.45, 7) is 0. The van der Waals surface area contributed by atoms with Gasteiger partial charge in [-0.3, -0.25) is 18.7 Å². The molecule has 3 aliphatic rings. The predicted molar refractivity (Wildman–Crippen MR) is 95.2 cm³/mol. The average Bonchev–Trinajstić information content (AvgIpc) is 3.10. The van der Waals surface area contributed by atoms with E-state index < -0.39 is 42.6 Å². The molecule has 2 aliphatic heterocycles. The molecule has 146 valence electrons. The monoisotopic (exact) mass is 424 g/mol. The van der Waals surface area contributed by atoms with Crippen LogP contribution < -0.4 is 10.6 Å². The largest absolute Gasteiger partial charge is 0.354 e. The van der Waals surface area contributed by atoms with E-state index in [4.69, 9.17) is 0 Å². The molecule has 0 saturated carbocycles. The average molecular weight is 424 g/mol. The second kappa shape index (κ2) is 5.85. The van der Waals surface area contributed by atoms with Crippen LogP contribution in [-0.4, -0.2) is 37.5 Å². The predicted octanol–water partition coefficient (Wildman–Crippen LogP) is 0.601. The Bertz CT molecular complexity index is 1270. The number of para-hydroxylation sites is 1. The summed E-state index contributed by atoms with van der Waals surface area (Å²) in [6.07, 6.45) is 2.20. The summed E-state index contributed by atoms with van der Waals surface area (Å²) >= 11 is 0. The van der Waals surface area contributed by atoms with Gasteiger partial charge >= 0.3 is 0 Å². The number of hydrogen-bond acceptors (Lipinski definition) is 8. The summed E-state index contributed by atoms with van der Waals surface area (Å²) in [5.41, 5.74) is -0.190. The second-order valence-corrected chi connectivity index (χ2v) is 9.20. The lowest BCUT2D eigenvalue weighted by Gasteiger charge is -2.14. The van der Waals surface area contributed by atoms with E-state index in [2.05, 4.69) is 10.6 Å². The smallest absolute Gasteiger partial charge is 0.296 e. The van der Waals surface area contributed by atoms with Gasteiger partial charge in [0, 0.05) is 17.7 Å². The number of allylic oxidation sites excluding steroid dienone is 6. The van der Waals surface area contributed by atoms with Crippen molar-refractivity contribution in [2.45, 2.75) is 11.3 Å². The molecular weight excluding hydrogens is 412 g/mol. The lowest BCUT2D eigenvalue weighted by Crippen LogP contribution is -2.18. The quantitative estimate of drug-likeness (QED) is 0.390. The number of carbonyl (C=O) groups is 2. The zero-order chi connectivity index (χ0) is 20.4. The van der Waals surface area contributed by atoms with E-state index in [1.165, 1.54) is 18.2 Å². The summed E-state index contributed by atoms with van der Waals surface area (Å²) in [5, 5.41) is 5.33. The highest BCUT2D eigenvalue weighted by atomic mass is 32.2. The van der Waals surface area contributed by atoms with Crippen LogP contribution in [0.5, 0.6) is 0 Å². The number of hydrogen-bond donors (Lipinski definition) is 4. The number of benzene rings is 1. The second-order valence-electron chi connectivity index (χ2n) is 6.33. The van der Waals surface area contributed by atoms with Crippen molar-refractivity contribution >= 4 is 37.5 Å². The number of Topliss-reactive ketones (excluding diaryl/α,β-unsaturated/α-hetero) is 2. The Morgan fingerprint density at radius 3 is 2.29 bits per heavy atom. The minimum Gasteiger partial charge on any atom is -0.354 e. The number of nitrogens with one attached hydrogen (secondary N) is 2. The molecule has 0 spiro atoms. The van der Waals surface area contributed by atoms with Crippen LogP contribution in [0.4, 0.5) is 5.69 Å². The number of anilines is 1. The van der Waals surface area contributed by atoms with Crippen molar-refractivity contribution in [1.29, 1.82) is 0 Å². The summed E-state index contributed by atoms with van der Waals surface area (Å²) in [5.74, 6) is -2.17. The van der Waals surface area contributed by atoms with Gasteiger partial charge in [-0.25, -0.2) is 0 Å². The van der Waals surface area contributed by atoms with Gasteiger partial charge in [-0.2, -0.15) is 16.8 Å². The first-order valence-electron chi connectivity index (χ1n) is 7.84. The third kappa shape index (κ3) is 2.77. The maximum Gasteiger partial charge on any atom is 0.296 e. The standard InChI is InChI=1S/C16H12N2O8S2/c19-15-8-2-1-3-11(28(24,25)26)12(8)18-14(15)13-16(20)9-6-7(27(21,22)23)4-5-10(9)17-13/h1-5,9,17-18H,6H2,(H,21,22,23)(H,24,25,26). The minimum atomic E-state index is -4.61. The van der Waals surface area contributed by atoms with Crippen LogP contribution in [0.1, 0.15) is 16.8 Å². The third-order valence-corrected chi connectivity index (χ3v) is 6.53. The molecule has 1 unspecified atom stereocenters. The fourth-order valence-corrected chi connectivity index (χ4v) is 4.64. The van der Waals surface area contributed by atoms with Gasteiger partial charge in [-0.15, -0.1) is 0 Å². The van der Waals surface area contributed by atoms with Crippen molar-refractivity contribution in [1.82, 2.24) is 5.32 Å². The Morgan fingerprint density at radius 1 is 0.929 bits per heavy atom. The molecule has 0 bridgehead atoms. The first-order chi connectivity index (χ1) is 13.0. The van der Waals surface area contributed by atoms with Gasteiger partial charge in [0.25, 0.3) is 20.2 Å². The Labute approximate surface area is 159 Å². The van der Waals surface area contributed by atoms with Crippen LogP contribution in [0.25, 0.3) is 0 Å². The molecule has 10 nitrogen and oxygen atoms in total. The topological polar surface area (TPSA) is 167 Å². The molecule has 2 heterocycles. The van der Waals surface area contributed by atoms with Crippen LogP contribution in [-0.2, 0) is 25.0 Å². The molecule has 4 N–H and O–H groups in total. The lowest BCUT2D eigenvalue weighted by molar-refractivity contribution is -0.117. The van der Waals surface area contributed by atoms with E-state index in [1.807, 2.05) is 0 Å². The molecular formula is C16H12N2O8S2. The SMILES string of the molecule is O=C1C(=C2NC3=CC=C(S(=O)(=O)O)CC3C2=O)Nc2c1cccc2S(=O)(=O)O. The van der Waals surface area contributed by atoms with Crippen LogP contribution in [0, 0.1) is 5.92 Å². The Kier molecular flexibility index (Phi) is 3.88. The van der Waals surface area contributed by atoms with Crippen molar-refractivity contribution in [2.24, 2.45) is 5.92 Å². The van der Waals surface area contributed by atoms with Gasteiger partial charge < -0.3 is 10.6 Å². The van der Waals surface area contributed by atoms with Crippen molar-refractivity contribution in [3.8, 4) is 0 Å². The maximum absolute atomic E-state index is 12.8. The van der Waals surface area contributed by atoms with Crippen LogP contribution >= 0.6 is 0 Å². The van der Waals surface area contributed by atoms with Gasteiger partial charge in [0.15, 0.2) is 5.78 Å². The zero-order valence-electron chi connectivity index (χ0n) is 13.8. The van der Waals surface area contributed by atoms with Crippen LogP contribution in [0.3, 0.4) is 0 Å². The highest BCUT2D eigenvalue weighted by Gasteiger charge is 2.42. The maximum atomic E-state index is 12.8. The molecule has 1 aromatic rings. The first kappa shape index (κ1) is 18.6. The summed E-state index contributed by atoms with van der Waals surface area (Å²) < 4.78 is 64.2. The van der Waals surface area contributed by atoms with Crippen molar-refractivity contribution < 1.29 is 35.5 Å². The molecule has 1 aliphatic carbocycles. The van der Waals surface area contributed by atoms with Gasteiger partial charge in [0.1, 0.15) is 16.3 Å². The first-order valence-corrected chi connectivity index (χ1v) is 10.7. The normalized spacial score (nSPS) is 24.1. The van der Waals surface area contributed by atoms with E-state index in [9.17, 15) is 35.5 Å². The molecule has 1 atom stereocenters. The van der Waals surface area contributed by atoms with E-state index in [0.29, 0.717) is 5.70 Å². The van der Waals surface area contributed by atoms with Crippen molar-refractivity contribution in [2.75, 3.05) is 5.32 Å². The van der Waals surface area contributed by atoms with E-state index in [1.54, 1.807) is 0 Å². The van der Waals surface area contributed by atoms with E-state index in [0.717, 1.165) is 12.1 Å². The van der Waals surface area contributed by atoms with Gasteiger partial charge in [-0.1, -0.05) is 6.07 Å². The lowest BCUT2D eigenvalue weighted by atomic mass is 9.94. The molecule has 12 heteroatoms. The minimum absolute atomic E-state index is 0.0344. The van der Waals surface area contributed by atoms with Crippen LogP contribution in [0.2, 0.25) is 0 Å². The van der Waals surface area contributed by atoms with Crippen LogP contribution in [0.15, 0.2) is 57.2 Å². The van der Waals surface area contributed by atoms with Crippen molar-refractivity contribution in [3.05, 3.63) is 57.9 Å². The molecule has 0 radical (unpaired) electrons. The molecule has 1 fully saturated rings. The number of fused-ring (bicyclic) bond motifs is 2. The highest BCUT2D eigenvalue weighted by molar-refractivity contribution is 7.89. The number of ketones is 2. The van der Waals surface area contributed by atoms with Gasteiger partial charge in [0.2, 0.25) is 5.78 Å². The Morgan fingerprint density at radius 2 is 1.64 bits per heavy atom. The van der Waals surface area contributed by atoms with E-state index in [-0.39, 0.29) is 34.0 Å². The Hall–Kier alpha value is -2.80. The van der Waals surface area contributed by atoms with Crippen molar-refractivity contribution in [3.63, 3.8) is 0 Å². The molecule has 1 aromatic carbocycles. The van der Waals surface area contributed by atoms with Gasteiger partial charge in [0.05, 0.1) is 16.5 Å². The Balaban J connectivity index is 1.76. The number of rotatable bonds is 2. The highest BCUT2D eigenvalue weighted by Crippen LogP contribution is 2.39. The zero-order valence-corrected chi connectivity index (χ0v) is 15.5.